The van der Waals surface area contributed by atoms with Gasteiger partial charge in [0.2, 0.25) is 0 Å². The highest BCUT2D eigenvalue weighted by Crippen LogP contribution is 2.39. The number of thiophene rings is 2. The van der Waals surface area contributed by atoms with Gasteiger partial charge in [-0.05, 0) is 65.3 Å². The van der Waals surface area contributed by atoms with Gasteiger partial charge in [0.15, 0.2) is 0 Å². The zero-order valence-electron chi connectivity index (χ0n) is 7.34. The van der Waals surface area contributed by atoms with E-state index in [1.807, 2.05) is 11.4 Å². The average Bonchev–Trinajstić information content (AvgIpc) is 2.74. The molecular weight excluding hydrogens is 426 g/mol. The smallest absolute Gasteiger partial charge is 0.0843 e. The maximum atomic E-state index is 6.19. The monoisotopic (exact) mass is 429 g/mol. The number of nitrogens with two attached hydrogens (primary N) is 1. The van der Waals surface area contributed by atoms with Crippen molar-refractivity contribution in [2.24, 2.45) is 5.73 Å². The van der Waals surface area contributed by atoms with Crippen molar-refractivity contribution >= 4 is 70.5 Å². The van der Waals surface area contributed by atoms with Crippen LogP contribution in [0.2, 0.25) is 0 Å². The van der Waals surface area contributed by atoms with E-state index in [1.54, 1.807) is 22.7 Å². The van der Waals surface area contributed by atoms with Gasteiger partial charge < -0.3 is 5.73 Å². The van der Waals surface area contributed by atoms with E-state index in [4.69, 9.17) is 5.73 Å². The van der Waals surface area contributed by atoms with Crippen LogP contribution < -0.4 is 5.73 Å². The van der Waals surface area contributed by atoms with Gasteiger partial charge in [-0.15, -0.1) is 22.7 Å². The highest BCUT2D eigenvalue weighted by molar-refractivity contribution is 9.13. The second-order valence-electron chi connectivity index (χ2n) is 2.88. The molecule has 80 valence electrons. The second-order valence-corrected chi connectivity index (χ2v) is 7.94. The zero-order valence-corrected chi connectivity index (χ0v) is 13.7. The molecule has 1 unspecified atom stereocenters. The Hall–Kier alpha value is 0.800. The van der Waals surface area contributed by atoms with Crippen LogP contribution in [0.1, 0.15) is 15.8 Å². The van der Waals surface area contributed by atoms with Gasteiger partial charge in [-0.3, -0.25) is 0 Å². The molecule has 0 saturated carbocycles. The summed E-state index contributed by atoms with van der Waals surface area (Å²) in [5, 5.41) is 2.04. The minimum absolute atomic E-state index is 0.0491. The second kappa shape index (κ2) is 4.98. The molecule has 2 aromatic heterocycles. The highest BCUT2D eigenvalue weighted by atomic mass is 79.9. The lowest BCUT2D eigenvalue weighted by Crippen LogP contribution is -2.08. The van der Waals surface area contributed by atoms with Crippen molar-refractivity contribution in [1.29, 1.82) is 0 Å². The summed E-state index contributed by atoms with van der Waals surface area (Å²) in [6, 6.07) is 4.04. The van der Waals surface area contributed by atoms with Gasteiger partial charge in [-0.25, -0.2) is 0 Å². The quantitative estimate of drug-likeness (QED) is 0.699. The molecule has 0 fully saturated rings. The Morgan fingerprint density at radius 2 is 1.93 bits per heavy atom. The molecule has 0 bridgehead atoms. The number of hydrogen-bond donors (Lipinski definition) is 1. The van der Waals surface area contributed by atoms with Gasteiger partial charge in [0.25, 0.3) is 0 Å². The summed E-state index contributed by atoms with van der Waals surface area (Å²) in [6.07, 6.45) is 0. The summed E-state index contributed by atoms with van der Waals surface area (Å²) in [5.41, 5.74) is 6.19. The van der Waals surface area contributed by atoms with E-state index >= 15 is 0 Å². The first-order valence-electron chi connectivity index (χ1n) is 4.03. The topological polar surface area (TPSA) is 26.0 Å². The molecule has 2 rings (SSSR count). The minimum Gasteiger partial charge on any atom is -0.319 e. The van der Waals surface area contributed by atoms with Crippen LogP contribution in [0.25, 0.3) is 0 Å². The Balaban J connectivity index is 2.36. The maximum absolute atomic E-state index is 6.19. The molecule has 0 saturated heterocycles. The van der Waals surface area contributed by atoms with Gasteiger partial charge in [-0.2, -0.15) is 0 Å². The Morgan fingerprint density at radius 1 is 1.20 bits per heavy atom. The Kier molecular flexibility index (Phi) is 4.07. The molecule has 0 aromatic carbocycles. The molecule has 15 heavy (non-hydrogen) atoms. The summed E-state index contributed by atoms with van der Waals surface area (Å²) in [4.78, 5) is 2.31. The Morgan fingerprint density at radius 3 is 2.40 bits per heavy atom. The van der Waals surface area contributed by atoms with E-state index in [-0.39, 0.29) is 6.04 Å². The lowest BCUT2D eigenvalue weighted by Gasteiger charge is -2.07. The van der Waals surface area contributed by atoms with Gasteiger partial charge in [0, 0.05) is 18.7 Å². The number of hydrogen-bond acceptors (Lipinski definition) is 3. The van der Waals surface area contributed by atoms with Gasteiger partial charge in [-0.1, -0.05) is 0 Å². The number of halogens is 3. The molecule has 0 radical (unpaired) electrons. The molecule has 2 N–H and O–H groups in total. The normalized spacial score (nSPS) is 13.1. The first-order chi connectivity index (χ1) is 7.09. The van der Waals surface area contributed by atoms with E-state index in [0.29, 0.717) is 0 Å². The summed E-state index contributed by atoms with van der Waals surface area (Å²) in [7, 11) is 0. The van der Waals surface area contributed by atoms with E-state index in [2.05, 4.69) is 53.9 Å². The molecule has 2 aromatic rings. The molecule has 0 amide bonds. The molecule has 0 aliphatic carbocycles. The van der Waals surface area contributed by atoms with Crippen LogP contribution in [-0.2, 0) is 0 Å². The predicted molar refractivity (Wildman–Crippen MR) is 77.8 cm³/mol. The van der Waals surface area contributed by atoms with E-state index in [1.165, 1.54) is 0 Å². The zero-order chi connectivity index (χ0) is 11.0. The minimum atomic E-state index is -0.0491. The third kappa shape index (κ3) is 2.56. The van der Waals surface area contributed by atoms with E-state index < -0.39 is 0 Å². The Bertz CT molecular complexity index is 458. The Labute approximate surface area is 121 Å². The van der Waals surface area contributed by atoms with Crippen molar-refractivity contribution in [3.05, 3.63) is 40.0 Å². The van der Waals surface area contributed by atoms with Gasteiger partial charge in [0.05, 0.1) is 9.83 Å². The fourth-order valence-corrected chi connectivity index (χ4v) is 4.99. The molecule has 0 aliphatic heterocycles. The summed E-state index contributed by atoms with van der Waals surface area (Å²) in [5.74, 6) is 0. The molecule has 2 heterocycles. The molecule has 1 nitrogen and oxygen atoms in total. The number of rotatable bonds is 2. The fraction of sp³-hybridized carbons (Fsp3) is 0.111. The van der Waals surface area contributed by atoms with Crippen LogP contribution in [0.4, 0.5) is 0 Å². The fourth-order valence-electron chi connectivity index (χ4n) is 1.17. The van der Waals surface area contributed by atoms with E-state index in [0.717, 1.165) is 22.5 Å². The summed E-state index contributed by atoms with van der Waals surface area (Å²) in [6.45, 7) is 0. The predicted octanol–water partition coefficient (Wildman–Crippen LogP) is 5.15. The first kappa shape index (κ1) is 12.3. The lowest BCUT2D eigenvalue weighted by atomic mass is 10.2. The van der Waals surface area contributed by atoms with Crippen LogP contribution >= 0.6 is 70.5 Å². The first-order valence-corrected chi connectivity index (χ1v) is 8.10. The average molecular weight is 432 g/mol. The maximum Gasteiger partial charge on any atom is 0.0843 e. The highest BCUT2D eigenvalue weighted by Gasteiger charge is 2.17. The van der Waals surface area contributed by atoms with Crippen LogP contribution in [-0.4, -0.2) is 0 Å². The van der Waals surface area contributed by atoms with E-state index in [9.17, 15) is 0 Å². The van der Waals surface area contributed by atoms with Crippen molar-refractivity contribution in [1.82, 2.24) is 0 Å². The summed E-state index contributed by atoms with van der Waals surface area (Å²) >= 11 is 13.8. The molecule has 0 spiro atoms. The molecule has 0 aliphatic rings. The lowest BCUT2D eigenvalue weighted by molar-refractivity contribution is 0.912. The largest absolute Gasteiger partial charge is 0.319 e. The van der Waals surface area contributed by atoms with Crippen LogP contribution in [0.5, 0.6) is 0 Å². The van der Waals surface area contributed by atoms with Crippen molar-refractivity contribution in [2.75, 3.05) is 0 Å². The standard InChI is InChI=1S/C9H6Br3NS2/c10-4-1-2-14-8(4)7(13)6-3-5(11)9(12)15-6/h1-3,7H,13H2. The molecule has 1 atom stereocenters. The molecular formula is C9H6Br3NS2. The van der Waals surface area contributed by atoms with Crippen molar-refractivity contribution in [2.45, 2.75) is 6.04 Å². The van der Waals surface area contributed by atoms with Crippen molar-refractivity contribution in [3.8, 4) is 0 Å². The molecule has 6 heteroatoms. The SMILES string of the molecule is NC(c1cc(Br)c(Br)s1)c1sccc1Br. The van der Waals surface area contributed by atoms with Crippen LogP contribution in [0.15, 0.2) is 30.2 Å². The third-order valence-electron chi connectivity index (χ3n) is 1.90. The third-order valence-corrected chi connectivity index (χ3v) is 7.19. The van der Waals surface area contributed by atoms with Gasteiger partial charge in [0.1, 0.15) is 0 Å². The van der Waals surface area contributed by atoms with Crippen LogP contribution in [0, 0.1) is 0 Å². The van der Waals surface area contributed by atoms with Crippen molar-refractivity contribution in [3.63, 3.8) is 0 Å². The summed E-state index contributed by atoms with van der Waals surface area (Å²) < 4.78 is 3.23. The van der Waals surface area contributed by atoms with Gasteiger partial charge >= 0.3 is 0 Å². The van der Waals surface area contributed by atoms with Crippen molar-refractivity contribution < 1.29 is 0 Å². The van der Waals surface area contributed by atoms with Crippen LogP contribution in [0.3, 0.4) is 0 Å².